The van der Waals surface area contributed by atoms with Gasteiger partial charge in [0, 0.05) is 22.0 Å². The number of carbonyl (C=O) groups is 2. The van der Waals surface area contributed by atoms with Crippen LogP contribution >= 0.6 is 23.4 Å². The van der Waals surface area contributed by atoms with Gasteiger partial charge in [0.2, 0.25) is 10.8 Å². The van der Waals surface area contributed by atoms with Gasteiger partial charge < -0.3 is 5.32 Å². The van der Waals surface area contributed by atoms with Gasteiger partial charge in [-0.05, 0) is 49.4 Å². The summed E-state index contributed by atoms with van der Waals surface area (Å²) in [4.78, 5) is 25.9. The van der Waals surface area contributed by atoms with Crippen LogP contribution in [0.1, 0.15) is 12.5 Å². The van der Waals surface area contributed by atoms with E-state index >= 15 is 0 Å². The number of rotatable bonds is 1. The number of nitrogens with zero attached hydrogens (tertiary/aromatic N) is 1. The van der Waals surface area contributed by atoms with Gasteiger partial charge in [0.25, 0.3) is 5.91 Å². The van der Waals surface area contributed by atoms with Gasteiger partial charge in [0.05, 0.1) is 5.25 Å². The Hall–Kier alpha value is -2.05. The fraction of sp³-hybridized carbons (Fsp3) is 0.176. The zero-order valence-corrected chi connectivity index (χ0v) is 14.1. The van der Waals surface area contributed by atoms with Crippen LogP contribution in [0.5, 0.6) is 0 Å². The van der Waals surface area contributed by atoms with Crippen molar-refractivity contribution in [1.82, 2.24) is 0 Å². The molecule has 4 rings (SSSR count). The molecule has 1 fully saturated rings. The lowest BCUT2D eigenvalue weighted by Crippen LogP contribution is -2.47. The van der Waals surface area contributed by atoms with E-state index in [0.717, 1.165) is 0 Å². The predicted molar refractivity (Wildman–Crippen MR) is 92.7 cm³/mol. The molecular weight excluding hydrogens is 351 g/mol. The van der Waals surface area contributed by atoms with E-state index in [9.17, 15) is 14.0 Å². The zero-order chi connectivity index (χ0) is 17.1. The quantitative estimate of drug-likeness (QED) is 0.840. The minimum Gasteiger partial charge on any atom is -0.323 e. The molecule has 24 heavy (non-hydrogen) atoms. The highest BCUT2D eigenvalue weighted by Crippen LogP contribution is 2.56. The lowest BCUT2D eigenvalue weighted by molar-refractivity contribution is -0.122. The fourth-order valence-corrected chi connectivity index (χ4v) is 4.81. The molecule has 2 aromatic carbocycles. The van der Waals surface area contributed by atoms with Gasteiger partial charge in [-0.2, -0.15) is 0 Å². The van der Waals surface area contributed by atoms with Crippen LogP contribution in [-0.2, 0) is 14.5 Å². The summed E-state index contributed by atoms with van der Waals surface area (Å²) in [6.07, 6.45) is 0. The van der Waals surface area contributed by atoms with Crippen molar-refractivity contribution >= 4 is 46.6 Å². The standard InChI is InChI=1S/C17H12ClFN2O2S/c1-9-15(22)21(12-5-3-11(19)4-6-12)17(24-9)13-8-10(18)2-7-14(13)20-16(17)23/h2-9H,1H3,(H,20,23). The Labute approximate surface area is 147 Å². The molecule has 0 aromatic heterocycles. The van der Waals surface area contributed by atoms with E-state index in [2.05, 4.69) is 5.32 Å². The SMILES string of the molecule is CC1SC2(C(=O)Nc3ccc(Cl)cc32)N(c2ccc(F)cc2)C1=O. The average Bonchev–Trinajstić information content (AvgIpc) is 2.97. The third-order valence-electron chi connectivity index (χ3n) is 4.22. The van der Waals surface area contributed by atoms with Gasteiger partial charge in [-0.3, -0.25) is 14.5 Å². The number of fused-ring (bicyclic) bond motifs is 2. The Morgan fingerprint density at radius 3 is 2.62 bits per heavy atom. The smallest absolute Gasteiger partial charge is 0.266 e. The Bertz CT molecular complexity index is 873. The second-order valence-corrected chi connectivity index (χ2v) is 7.67. The molecule has 2 heterocycles. The molecule has 2 atom stereocenters. The van der Waals surface area contributed by atoms with E-state index in [4.69, 9.17) is 11.6 Å². The molecule has 2 aromatic rings. The summed E-state index contributed by atoms with van der Waals surface area (Å²) in [5.41, 5.74) is 1.75. The third kappa shape index (κ3) is 1.99. The normalized spacial score (nSPS) is 25.3. The maximum atomic E-state index is 13.3. The fourth-order valence-electron chi connectivity index (χ4n) is 3.17. The van der Waals surface area contributed by atoms with Gasteiger partial charge in [-0.15, -0.1) is 11.8 Å². The van der Waals surface area contributed by atoms with Crippen LogP contribution < -0.4 is 10.2 Å². The lowest BCUT2D eigenvalue weighted by Gasteiger charge is -2.32. The molecule has 0 bridgehead atoms. The van der Waals surface area contributed by atoms with Crippen molar-refractivity contribution < 1.29 is 14.0 Å². The lowest BCUT2D eigenvalue weighted by atomic mass is 10.0. The minimum atomic E-state index is -1.23. The highest BCUT2D eigenvalue weighted by Gasteiger charge is 2.60. The van der Waals surface area contributed by atoms with Crippen molar-refractivity contribution in [2.24, 2.45) is 0 Å². The van der Waals surface area contributed by atoms with Crippen molar-refractivity contribution in [3.05, 3.63) is 58.9 Å². The average molecular weight is 363 g/mol. The van der Waals surface area contributed by atoms with E-state index < -0.39 is 15.9 Å². The molecule has 0 aliphatic carbocycles. The molecule has 2 aliphatic heterocycles. The van der Waals surface area contributed by atoms with Gasteiger partial charge in [-0.25, -0.2) is 4.39 Å². The minimum absolute atomic E-state index is 0.199. The Morgan fingerprint density at radius 2 is 1.92 bits per heavy atom. The molecule has 122 valence electrons. The summed E-state index contributed by atoms with van der Waals surface area (Å²) in [5, 5.41) is 2.89. The van der Waals surface area contributed by atoms with E-state index in [0.29, 0.717) is 22.0 Å². The van der Waals surface area contributed by atoms with Crippen molar-refractivity contribution in [1.29, 1.82) is 0 Å². The number of carbonyl (C=O) groups excluding carboxylic acids is 2. The first kappa shape index (κ1) is 15.5. The third-order valence-corrected chi connectivity index (χ3v) is 5.94. The highest BCUT2D eigenvalue weighted by molar-refractivity contribution is 8.03. The van der Waals surface area contributed by atoms with Crippen LogP contribution in [0.2, 0.25) is 5.02 Å². The van der Waals surface area contributed by atoms with Crippen LogP contribution in [-0.4, -0.2) is 17.1 Å². The van der Waals surface area contributed by atoms with Crippen LogP contribution in [0.25, 0.3) is 0 Å². The Kier molecular flexibility index (Phi) is 3.37. The molecule has 2 amide bonds. The number of halogens is 2. The summed E-state index contributed by atoms with van der Waals surface area (Å²) in [6, 6.07) is 10.7. The molecule has 0 radical (unpaired) electrons. The molecule has 7 heteroatoms. The van der Waals surface area contributed by atoms with E-state index in [1.807, 2.05) is 0 Å². The first-order chi connectivity index (χ1) is 11.4. The summed E-state index contributed by atoms with van der Waals surface area (Å²) in [5.74, 6) is -0.902. The molecule has 1 N–H and O–H groups in total. The monoisotopic (exact) mass is 362 g/mol. The van der Waals surface area contributed by atoms with Crippen molar-refractivity contribution in [2.45, 2.75) is 17.0 Å². The number of nitrogens with one attached hydrogen (secondary N) is 1. The van der Waals surface area contributed by atoms with Gasteiger partial charge in [0.1, 0.15) is 5.82 Å². The molecular formula is C17H12ClFN2O2S. The van der Waals surface area contributed by atoms with E-state index in [1.54, 1.807) is 25.1 Å². The molecule has 1 spiro atoms. The molecule has 4 nitrogen and oxygen atoms in total. The predicted octanol–water partition coefficient (Wildman–Crippen LogP) is 3.75. The van der Waals surface area contributed by atoms with Crippen LogP contribution in [0, 0.1) is 5.82 Å². The maximum absolute atomic E-state index is 13.3. The van der Waals surface area contributed by atoms with Gasteiger partial charge in [-0.1, -0.05) is 11.6 Å². The number of anilines is 2. The first-order valence-electron chi connectivity index (χ1n) is 7.32. The Morgan fingerprint density at radius 1 is 1.21 bits per heavy atom. The second-order valence-electron chi connectivity index (χ2n) is 5.70. The number of thioether (sulfide) groups is 1. The molecule has 2 unspecified atom stereocenters. The van der Waals surface area contributed by atoms with Crippen LogP contribution in [0.3, 0.4) is 0 Å². The summed E-state index contributed by atoms with van der Waals surface area (Å²) >= 11 is 7.38. The number of hydrogen-bond donors (Lipinski definition) is 1. The molecule has 2 aliphatic rings. The molecule has 0 saturated carbocycles. The number of benzene rings is 2. The number of hydrogen-bond acceptors (Lipinski definition) is 3. The first-order valence-corrected chi connectivity index (χ1v) is 8.58. The highest BCUT2D eigenvalue weighted by atomic mass is 35.5. The maximum Gasteiger partial charge on any atom is 0.266 e. The second kappa shape index (κ2) is 5.22. The molecule has 1 saturated heterocycles. The largest absolute Gasteiger partial charge is 0.323 e. The number of amides is 2. The van der Waals surface area contributed by atoms with Crippen LogP contribution in [0.4, 0.5) is 15.8 Å². The van der Waals surface area contributed by atoms with Crippen molar-refractivity contribution in [3.8, 4) is 0 Å². The summed E-state index contributed by atoms with van der Waals surface area (Å²) in [6.45, 7) is 1.76. The van der Waals surface area contributed by atoms with Crippen molar-refractivity contribution in [3.63, 3.8) is 0 Å². The van der Waals surface area contributed by atoms with Gasteiger partial charge >= 0.3 is 0 Å². The van der Waals surface area contributed by atoms with E-state index in [-0.39, 0.29) is 11.8 Å². The van der Waals surface area contributed by atoms with Crippen LogP contribution in [0.15, 0.2) is 42.5 Å². The summed E-state index contributed by atoms with van der Waals surface area (Å²) in [7, 11) is 0. The van der Waals surface area contributed by atoms with Crippen molar-refractivity contribution in [2.75, 3.05) is 10.2 Å². The van der Waals surface area contributed by atoms with Gasteiger partial charge in [0.15, 0.2) is 0 Å². The topological polar surface area (TPSA) is 49.4 Å². The Balaban J connectivity index is 1.95. The summed E-state index contributed by atoms with van der Waals surface area (Å²) < 4.78 is 13.3. The van der Waals surface area contributed by atoms with E-state index in [1.165, 1.54) is 40.9 Å². The zero-order valence-electron chi connectivity index (χ0n) is 12.5.